The van der Waals surface area contributed by atoms with Crippen molar-refractivity contribution in [1.82, 2.24) is 0 Å². The molecule has 0 saturated heterocycles. The van der Waals surface area contributed by atoms with Gasteiger partial charge in [-0.25, -0.2) is 0 Å². The molecule has 0 N–H and O–H groups in total. The van der Waals surface area contributed by atoms with Crippen molar-refractivity contribution in [2.75, 3.05) is 12.4 Å². The van der Waals surface area contributed by atoms with E-state index in [1.165, 1.54) is 0 Å². The van der Waals surface area contributed by atoms with Gasteiger partial charge in [0.15, 0.2) is 0 Å². The molecule has 1 heterocycles. The number of fused-ring (bicyclic) bond motifs is 1. The molecule has 2 rings (SSSR count). The van der Waals surface area contributed by atoms with E-state index in [2.05, 4.69) is 13.8 Å². The van der Waals surface area contributed by atoms with Gasteiger partial charge in [0.25, 0.3) is 0 Å². The first kappa shape index (κ1) is 14.7. The van der Waals surface area contributed by atoms with Crippen LogP contribution < -0.4 is 4.74 Å². The van der Waals surface area contributed by atoms with Crippen LogP contribution in [0, 0.1) is 0 Å². The molecule has 19 heavy (non-hydrogen) atoms. The Hall–Kier alpha value is -0.670. The SMILES string of the molecule is CCC(C)SCC(=O)Cc1cc(Cl)cc2c1OCC2. The van der Waals surface area contributed by atoms with Crippen molar-refractivity contribution < 1.29 is 9.53 Å². The fourth-order valence-electron chi connectivity index (χ4n) is 2.09. The number of halogens is 1. The minimum Gasteiger partial charge on any atom is -0.493 e. The third-order valence-electron chi connectivity index (χ3n) is 3.32. The highest BCUT2D eigenvalue weighted by Gasteiger charge is 2.19. The average Bonchev–Trinajstić information content (AvgIpc) is 2.84. The first-order valence-corrected chi connectivity index (χ1v) is 8.10. The molecule has 0 fully saturated rings. The van der Waals surface area contributed by atoms with Gasteiger partial charge >= 0.3 is 0 Å². The second-order valence-electron chi connectivity index (χ2n) is 4.90. The maximum Gasteiger partial charge on any atom is 0.147 e. The van der Waals surface area contributed by atoms with E-state index in [-0.39, 0.29) is 5.78 Å². The molecule has 0 saturated carbocycles. The first-order chi connectivity index (χ1) is 9.10. The smallest absolute Gasteiger partial charge is 0.147 e. The van der Waals surface area contributed by atoms with Crippen molar-refractivity contribution in [3.63, 3.8) is 0 Å². The summed E-state index contributed by atoms with van der Waals surface area (Å²) in [6.45, 7) is 4.98. The zero-order valence-electron chi connectivity index (χ0n) is 11.4. The van der Waals surface area contributed by atoms with Gasteiger partial charge in [-0.2, -0.15) is 11.8 Å². The summed E-state index contributed by atoms with van der Waals surface area (Å²) < 4.78 is 5.61. The third kappa shape index (κ3) is 3.90. The topological polar surface area (TPSA) is 26.3 Å². The van der Waals surface area contributed by atoms with Crippen LogP contribution >= 0.6 is 23.4 Å². The summed E-state index contributed by atoms with van der Waals surface area (Å²) in [5.74, 6) is 1.69. The van der Waals surface area contributed by atoms with Crippen LogP contribution in [0.4, 0.5) is 0 Å². The van der Waals surface area contributed by atoms with E-state index in [0.29, 0.717) is 29.1 Å². The highest BCUT2D eigenvalue weighted by Crippen LogP contribution is 2.33. The van der Waals surface area contributed by atoms with Crippen LogP contribution in [0.2, 0.25) is 5.02 Å². The van der Waals surface area contributed by atoms with Gasteiger partial charge in [0.05, 0.1) is 12.4 Å². The Morgan fingerprint density at radius 3 is 3.05 bits per heavy atom. The maximum atomic E-state index is 12.0. The lowest BCUT2D eigenvalue weighted by Crippen LogP contribution is -2.09. The zero-order valence-corrected chi connectivity index (χ0v) is 12.9. The number of carbonyl (C=O) groups excluding carboxylic acids is 1. The van der Waals surface area contributed by atoms with Gasteiger partial charge < -0.3 is 4.74 Å². The predicted molar refractivity (Wildman–Crippen MR) is 81.6 cm³/mol. The predicted octanol–water partition coefficient (Wildman–Crippen LogP) is 3.92. The molecule has 0 spiro atoms. The normalized spacial score (nSPS) is 14.9. The zero-order chi connectivity index (χ0) is 13.8. The monoisotopic (exact) mass is 298 g/mol. The summed E-state index contributed by atoms with van der Waals surface area (Å²) in [6.07, 6.45) is 2.40. The van der Waals surface area contributed by atoms with Crippen LogP contribution in [0.5, 0.6) is 5.75 Å². The van der Waals surface area contributed by atoms with Crippen molar-refractivity contribution in [3.8, 4) is 5.75 Å². The molecule has 1 unspecified atom stereocenters. The molecule has 1 aromatic rings. The number of ether oxygens (including phenoxy) is 1. The highest BCUT2D eigenvalue weighted by atomic mass is 35.5. The molecule has 1 aromatic carbocycles. The lowest BCUT2D eigenvalue weighted by Gasteiger charge is -2.10. The maximum absolute atomic E-state index is 12.0. The molecule has 1 atom stereocenters. The van der Waals surface area contributed by atoms with Crippen LogP contribution in [0.3, 0.4) is 0 Å². The number of carbonyl (C=O) groups is 1. The van der Waals surface area contributed by atoms with Gasteiger partial charge in [-0.1, -0.05) is 25.4 Å². The lowest BCUT2D eigenvalue weighted by atomic mass is 10.0. The quantitative estimate of drug-likeness (QED) is 0.796. The van der Waals surface area contributed by atoms with Gasteiger partial charge in [0, 0.05) is 28.7 Å². The van der Waals surface area contributed by atoms with Crippen molar-refractivity contribution in [2.45, 2.75) is 38.4 Å². The van der Waals surface area contributed by atoms with Gasteiger partial charge in [-0.15, -0.1) is 0 Å². The number of benzene rings is 1. The summed E-state index contributed by atoms with van der Waals surface area (Å²) in [5.41, 5.74) is 2.07. The number of hydrogen-bond donors (Lipinski definition) is 0. The number of hydrogen-bond acceptors (Lipinski definition) is 3. The Bertz CT molecular complexity index is 473. The summed E-state index contributed by atoms with van der Waals surface area (Å²) in [4.78, 5) is 12.0. The summed E-state index contributed by atoms with van der Waals surface area (Å²) >= 11 is 7.81. The Morgan fingerprint density at radius 2 is 2.32 bits per heavy atom. The number of Topliss-reactive ketones (excluding diaryl/α,β-unsaturated/α-hetero) is 1. The second-order valence-corrected chi connectivity index (χ2v) is 6.76. The Morgan fingerprint density at radius 1 is 1.53 bits per heavy atom. The fourth-order valence-corrected chi connectivity index (χ4v) is 3.17. The summed E-state index contributed by atoms with van der Waals surface area (Å²) in [7, 11) is 0. The van der Waals surface area contributed by atoms with Gasteiger partial charge in [-0.05, 0) is 24.1 Å². The first-order valence-electron chi connectivity index (χ1n) is 6.67. The van der Waals surface area contributed by atoms with Crippen LogP contribution in [0.15, 0.2) is 12.1 Å². The van der Waals surface area contributed by atoms with Gasteiger partial charge in [0.1, 0.15) is 11.5 Å². The summed E-state index contributed by atoms with van der Waals surface area (Å²) in [6, 6.07) is 3.79. The summed E-state index contributed by atoms with van der Waals surface area (Å²) in [5, 5.41) is 1.23. The van der Waals surface area contributed by atoms with E-state index in [0.717, 1.165) is 29.7 Å². The van der Waals surface area contributed by atoms with E-state index in [1.54, 1.807) is 11.8 Å². The van der Waals surface area contributed by atoms with Crippen molar-refractivity contribution >= 4 is 29.1 Å². The third-order valence-corrected chi connectivity index (χ3v) is 4.93. The van der Waals surface area contributed by atoms with Crippen LogP contribution in [-0.4, -0.2) is 23.4 Å². The van der Waals surface area contributed by atoms with E-state index in [9.17, 15) is 4.79 Å². The minimum atomic E-state index is 0.241. The molecule has 0 aromatic heterocycles. The molecule has 0 aliphatic carbocycles. The molecule has 4 heteroatoms. The van der Waals surface area contributed by atoms with E-state index in [4.69, 9.17) is 16.3 Å². The Kier molecular flexibility index (Phi) is 5.17. The van der Waals surface area contributed by atoms with E-state index < -0.39 is 0 Å². The second kappa shape index (κ2) is 6.67. The Labute approximate surface area is 123 Å². The molecule has 0 amide bonds. The largest absolute Gasteiger partial charge is 0.493 e. The van der Waals surface area contributed by atoms with Crippen molar-refractivity contribution in [1.29, 1.82) is 0 Å². The van der Waals surface area contributed by atoms with Crippen LogP contribution in [0.1, 0.15) is 31.4 Å². The molecule has 104 valence electrons. The minimum absolute atomic E-state index is 0.241. The van der Waals surface area contributed by atoms with Gasteiger partial charge in [0.2, 0.25) is 0 Å². The highest BCUT2D eigenvalue weighted by molar-refractivity contribution is 8.00. The van der Waals surface area contributed by atoms with Crippen molar-refractivity contribution in [3.05, 3.63) is 28.3 Å². The standard InChI is InChI=1S/C15H19ClO2S/c1-3-10(2)19-9-14(17)8-12-7-13(16)6-11-4-5-18-15(11)12/h6-7,10H,3-5,8-9H2,1-2H3. The van der Waals surface area contributed by atoms with E-state index in [1.807, 2.05) is 12.1 Å². The van der Waals surface area contributed by atoms with Crippen molar-refractivity contribution in [2.24, 2.45) is 0 Å². The van der Waals surface area contributed by atoms with E-state index >= 15 is 0 Å². The molecule has 2 nitrogen and oxygen atoms in total. The molecule has 1 aliphatic rings. The molecular weight excluding hydrogens is 280 g/mol. The Balaban J connectivity index is 2.01. The number of rotatable bonds is 6. The molecule has 0 bridgehead atoms. The number of thioether (sulfide) groups is 1. The average molecular weight is 299 g/mol. The fraction of sp³-hybridized carbons (Fsp3) is 0.533. The van der Waals surface area contributed by atoms with Gasteiger partial charge in [-0.3, -0.25) is 4.79 Å². The number of ketones is 1. The lowest BCUT2D eigenvalue weighted by molar-refractivity contribution is -0.116. The van der Waals surface area contributed by atoms with Crippen LogP contribution in [-0.2, 0) is 17.6 Å². The van der Waals surface area contributed by atoms with Crippen LogP contribution in [0.25, 0.3) is 0 Å². The molecule has 0 radical (unpaired) electrons. The molecule has 1 aliphatic heterocycles. The molecular formula is C15H19ClO2S.